The summed E-state index contributed by atoms with van der Waals surface area (Å²) < 4.78 is 6.82. The van der Waals surface area contributed by atoms with E-state index in [9.17, 15) is 9.59 Å². The highest BCUT2D eigenvalue weighted by Gasteiger charge is 2.12. The molecule has 8 heteroatoms. The lowest BCUT2D eigenvalue weighted by Crippen LogP contribution is -2.30. The van der Waals surface area contributed by atoms with Crippen molar-refractivity contribution in [1.29, 1.82) is 0 Å². The molecule has 2 aromatic carbocycles. The summed E-state index contributed by atoms with van der Waals surface area (Å²) in [6, 6.07) is 15.0. The van der Waals surface area contributed by atoms with E-state index in [2.05, 4.69) is 41.1 Å². The van der Waals surface area contributed by atoms with Gasteiger partial charge in [-0.05, 0) is 62.7 Å². The first kappa shape index (κ1) is 22.0. The average Bonchev–Trinajstić information content (AvgIpc) is 3.27. The highest BCUT2D eigenvalue weighted by Crippen LogP contribution is 2.20. The maximum Gasteiger partial charge on any atom is 0.338 e. The van der Waals surface area contributed by atoms with Crippen LogP contribution in [0.5, 0.6) is 0 Å². The van der Waals surface area contributed by atoms with Crippen molar-refractivity contribution < 1.29 is 14.3 Å². The summed E-state index contributed by atoms with van der Waals surface area (Å²) in [5, 5.41) is 6.79. The molecule has 8 nitrogen and oxygen atoms in total. The van der Waals surface area contributed by atoms with Gasteiger partial charge in [-0.15, -0.1) is 0 Å². The molecular weight excluding hydrogens is 394 g/mol. The number of rotatable bonds is 9. The van der Waals surface area contributed by atoms with E-state index in [0.29, 0.717) is 23.8 Å². The summed E-state index contributed by atoms with van der Waals surface area (Å²) in [4.78, 5) is 30.5. The van der Waals surface area contributed by atoms with Crippen LogP contribution in [0.3, 0.4) is 0 Å². The molecule has 162 valence electrons. The first-order valence-electron chi connectivity index (χ1n) is 10.2. The van der Waals surface area contributed by atoms with Gasteiger partial charge in [-0.25, -0.2) is 14.5 Å². The standard InChI is InChI=1S/C23H27N5O3/c1-4-28(17(2)3)21-11-9-20(10-12-21)26-22(29)14-31-23(30)19-7-5-18(6-8-19)13-27-16-24-15-25-27/h5-12,15-17H,4,13-14H2,1-3H3,(H,26,29). The van der Waals surface area contributed by atoms with Gasteiger partial charge in [0.2, 0.25) is 0 Å². The Morgan fingerprint density at radius 2 is 1.81 bits per heavy atom. The third-order valence-corrected chi connectivity index (χ3v) is 4.78. The Morgan fingerprint density at radius 1 is 1.10 bits per heavy atom. The number of hydrogen-bond donors (Lipinski definition) is 1. The number of aromatic nitrogens is 3. The Bertz CT molecular complexity index is 983. The molecule has 1 amide bonds. The summed E-state index contributed by atoms with van der Waals surface area (Å²) in [6.07, 6.45) is 3.09. The van der Waals surface area contributed by atoms with E-state index in [4.69, 9.17) is 4.74 Å². The van der Waals surface area contributed by atoms with Gasteiger partial charge in [0.05, 0.1) is 12.1 Å². The van der Waals surface area contributed by atoms with E-state index in [1.165, 1.54) is 6.33 Å². The molecule has 3 rings (SSSR count). The van der Waals surface area contributed by atoms with Crippen molar-refractivity contribution in [2.45, 2.75) is 33.4 Å². The molecule has 0 atom stereocenters. The highest BCUT2D eigenvalue weighted by molar-refractivity contribution is 5.95. The van der Waals surface area contributed by atoms with E-state index in [1.807, 2.05) is 36.4 Å². The molecule has 0 unspecified atom stereocenters. The molecule has 31 heavy (non-hydrogen) atoms. The summed E-state index contributed by atoms with van der Waals surface area (Å²) in [7, 11) is 0. The predicted octanol–water partition coefficient (Wildman–Crippen LogP) is 3.36. The average molecular weight is 422 g/mol. The van der Waals surface area contributed by atoms with Crippen LogP contribution in [0.25, 0.3) is 0 Å². The van der Waals surface area contributed by atoms with Crippen LogP contribution in [0.15, 0.2) is 61.2 Å². The van der Waals surface area contributed by atoms with Crippen LogP contribution >= 0.6 is 0 Å². The zero-order valence-electron chi connectivity index (χ0n) is 18.0. The van der Waals surface area contributed by atoms with Crippen LogP contribution < -0.4 is 10.2 Å². The van der Waals surface area contributed by atoms with E-state index < -0.39 is 5.97 Å². The monoisotopic (exact) mass is 421 g/mol. The van der Waals surface area contributed by atoms with Gasteiger partial charge in [-0.3, -0.25) is 4.79 Å². The lowest BCUT2D eigenvalue weighted by atomic mass is 10.1. The third kappa shape index (κ3) is 6.15. The van der Waals surface area contributed by atoms with Gasteiger partial charge in [0.15, 0.2) is 6.61 Å². The minimum atomic E-state index is -0.548. The third-order valence-electron chi connectivity index (χ3n) is 4.78. The fraction of sp³-hybridized carbons (Fsp3) is 0.304. The number of hydrogen-bond acceptors (Lipinski definition) is 6. The first-order valence-corrected chi connectivity index (χ1v) is 10.2. The molecule has 0 bridgehead atoms. The van der Waals surface area contributed by atoms with Gasteiger partial charge in [0.1, 0.15) is 12.7 Å². The van der Waals surface area contributed by atoms with Crippen LogP contribution in [0.1, 0.15) is 36.7 Å². The molecule has 0 spiro atoms. The van der Waals surface area contributed by atoms with E-state index >= 15 is 0 Å². The minimum absolute atomic E-state index is 0.353. The largest absolute Gasteiger partial charge is 0.452 e. The molecule has 0 aliphatic carbocycles. The van der Waals surface area contributed by atoms with Gasteiger partial charge in [0.25, 0.3) is 5.91 Å². The molecule has 0 saturated heterocycles. The van der Waals surface area contributed by atoms with E-state index in [-0.39, 0.29) is 12.5 Å². The second-order valence-electron chi connectivity index (χ2n) is 7.34. The van der Waals surface area contributed by atoms with Crippen LogP contribution in [0, 0.1) is 0 Å². The van der Waals surface area contributed by atoms with Crippen molar-refractivity contribution >= 4 is 23.3 Å². The van der Waals surface area contributed by atoms with Gasteiger partial charge in [-0.1, -0.05) is 12.1 Å². The second-order valence-corrected chi connectivity index (χ2v) is 7.34. The fourth-order valence-corrected chi connectivity index (χ4v) is 3.24. The van der Waals surface area contributed by atoms with Crippen LogP contribution in [0.2, 0.25) is 0 Å². The summed E-state index contributed by atoms with van der Waals surface area (Å²) in [6.45, 7) is 7.49. The number of ether oxygens (including phenoxy) is 1. The number of carbonyl (C=O) groups is 2. The van der Waals surface area contributed by atoms with Crippen LogP contribution in [0.4, 0.5) is 11.4 Å². The van der Waals surface area contributed by atoms with Crippen molar-refractivity contribution in [3.05, 3.63) is 72.3 Å². The van der Waals surface area contributed by atoms with Crippen molar-refractivity contribution in [2.24, 2.45) is 0 Å². The molecule has 3 aromatic rings. The highest BCUT2D eigenvalue weighted by atomic mass is 16.5. The number of anilines is 2. The van der Waals surface area contributed by atoms with Crippen LogP contribution in [-0.2, 0) is 16.1 Å². The molecule has 1 heterocycles. The Morgan fingerprint density at radius 3 is 2.39 bits per heavy atom. The normalized spacial score (nSPS) is 10.7. The van der Waals surface area contributed by atoms with Crippen molar-refractivity contribution in [2.75, 3.05) is 23.4 Å². The molecular formula is C23H27N5O3. The molecule has 1 N–H and O–H groups in total. The molecule has 0 aliphatic heterocycles. The lowest BCUT2D eigenvalue weighted by molar-refractivity contribution is -0.119. The number of amides is 1. The summed E-state index contributed by atoms with van der Waals surface area (Å²) in [5.41, 5.74) is 3.10. The SMILES string of the molecule is CCN(c1ccc(NC(=O)COC(=O)c2ccc(Cn3cncn3)cc2)cc1)C(C)C. The minimum Gasteiger partial charge on any atom is -0.452 e. The topological polar surface area (TPSA) is 89.4 Å². The van der Waals surface area contributed by atoms with Crippen molar-refractivity contribution in [3.63, 3.8) is 0 Å². The Hall–Kier alpha value is -3.68. The molecule has 0 fully saturated rings. The number of benzene rings is 2. The fourth-order valence-electron chi connectivity index (χ4n) is 3.24. The van der Waals surface area contributed by atoms with Gasteiger partial charge in [-0.2, -0.15) is 5.10 Å². The molecule has 0 aliphatic rings. The van der Waals surface area contributed by atoms with E-state index in [1.54, 1.807) is 23.1 Å². The molecule has 0 radical (unpaired) electrons. The maximum atomic E-state index is 12.2. The molecule has 0 saturated carbocycles. The Balaban J connectivity index is 1.48. The smallest absolute Gasteiger partial charge is 0.338 e. The number of nitrogens with zero attached hydrogens (tertiary/aromatic N) is 4. The second kappa shape index (κ2) is 10.4. The van der Waals surface area contributed by atoms with Crippen molar-refractivity contribution in [3.8, 4) is 0 Å². The quantitative estimate of drug-likeness (QED) is 0.533. The zero-order chi connectivity index (χ0) is 22.2. The number of carbonyl (C=O) groups excluding carboxylic acids is 2. The zero-order valence-corrected chi connectivity index (χ0v) is 18.0. The number of esters is 1. The maximum absolute atomic E-state index is 12.2. The molecule has 1 aromatic heterocycles. The summed E-state index contributed by atoms with van der Waals surface area (Å²) >= 11 is 0. The van der Waals surface area contributed by atoms with E-state index in [0.717, 1.165) is 17.8 Å². The van der Waals surface area contributed by atoms with Crippen molar-refractivity contribution in [1.82, 2.24) is 14.8 Å². The van der Waals surface area contributed by atoms with Gasteiger partial charge < -0.3 is 15.0 Å². The lowest BCUT2D eigenvalue weighted by Gasteiger charge is -2.27. The van der Waals surface area contributed by atoms with Gasteiger partial charge in [0, 0.05) is 24.0 Å². The number of nitrogens with one attached hydrogen (secondary N) is 1. The summed E-state index contributed by atoms with van der Waals surface area (Å²) in [5.74, 6) is -0.937. The predicted molar refractivity (Wildman–Crippen MR) is 119 cm³/mol. The Kier molecular flexibility index (Phi) is 7.37. The first-order chi connectivity index (χ1) is 15.0. The van der Waals surface area contributed by atoms with Crippen LogP contribution in [-0.4, -0.2) is 45.8 Å². The Labute approximate surface area is 181 Å². The van der Waals surface area contributed by atoms with Gasteiger partial charge >= 0.3 is 5.97 Å².